The third kappa shape index (κ3) is 5.30. The molecule has 1 aliphatic heterocycles. The Hall–Kier alpha value is -1.95. The molecule has 3 N–H and O–H groups in total. The lowest BCUT2D eigenvalue weighted by molar-refractivity contribution is 0.367. The molecule has 0 aliphatic carbocycles. The smallest absolute Gasteiger partial charge is 0.193 e. The van der Waals surface area contributed by atoms with Gasteiger partial charge in [-0.25, -0.2) is 0 Å². The second-order valence-corrected chi connectivity index (χ2v) is 7.11. The molecule has 0 bridgehead atoms. The van der Waals surface area contributed by atoms with Crippen LogP contribution in [0.2, 0.25) is 0 Å². The molecule has 6 nitrogen and oxygen atoms in total. The van der Waals surface area contributed by atoms with Crippen molar-refractivity contribution in [2.75, 3.05) is 51.2 Å². The van der Waals surface area contributed by atoms with Crippen LogP contribution in [0.5, 0.6) is 5.75 Å². The molecule has 1 aliphatic rings. The quantitative estimate of drug-likeness (QED) is 0.443. The standard InChI is InChI=1S/C18H31N5O/c1-18(2,3)21-10-9-20-17(19-4)23-13-11-22(12-14-23)15-7-5-6-8-16(15)24/h5-8,21,24H,9-14H2,1-4H3,(H,19,20). The van der Waals surface area contributed by atoms with E-state index in [0.717, 1.165) is 50.9 Å². The summed E-state index contributed by atoms with van der Waals surface area (Å²) in [5.74, 6) is 1.30. The number of aromatic hydroxyl groups is 1. The molecule has 0 radical (unpaired) electrons. The zero-order chi connectivity index (χ0) is 17.6. The number of phenols is 1. The molecule has 1 heterocycles. The van der Waals surface area contributed by atoms with E-state index in [1.54, 1.807) is 6.07 Å². The van der Waals surface area contributed by atoms with Gasteiger partial charge in [0, 0.05) is 51.9 Å². The normalized spacial score (nSPS) is 16.4. The number of nitrogens with one attached hydrogen (secondary N) is 2. The van der Waals surface area contributed by atoms with Crippen LogP contribution in [0.15, 0.2) is 29.3 Å². The van der Waals surface area contributed by atoms with E-state index in [2.05, 4.69) is 46.2 Å². The lowest BCUT2D eigenvalue weighted by Crippen LogP contribution is -2.53. The molecular weight excluding hydrogens is 302 g/mol. The first kappa shape index (κ1) is 18.4. The SMILES string of the molecule is CN=C(NCCNC(C)(C)C)N1CCN(c2ccccc2O)CC1. The Morgan fingerprint density at radius 3 is 2.38 bits per heavy atom. The number of benzene rings is 1. The predicted molar refractivity (Wildman–Crippen MR) is 101 cm³/mol. The minimum Gasteiger partial charge on any atom is -0.506 e. The van der Waals surface area contributed by atoms with Gasteiger partial charge in [0.15, 0.2) is 5.96 Å². The van der Waals surface area contributed by atoms with Gasteiger partial charge in [0.2, 0.25) is 0 Å². The first-order valence-corrected chi connectivity index (χ1v) is 8.64. The fourth-order valence-corrected chi connectivity index (χ4v) is 2.83. The maximum Gasteiger partial charge on any atom is 0.193 e. The molecule has 0 atom stereocenters. The number of piperazine rings is 1. The van der Waals surface area contributed by atoms with Gasteiger partial charge in [-0.2, -0.15) is 0 Å². The number of hydrogen-bond acceptors (Lipinski definition) is 4. The summed E-state index contributed by atoms with van der Waals surface area (Å²) in [6.07, 6.45) is 0. The monoisotopic (exact) mass is 333 g/mol. The van der Waals surface area contributed by atoms with E-state index in [4.69, 9.17) is 0 Å². The highest BCUT2D eigenvalue weighted by Crippen LogP contribution is 2.27. The molecule has 2 rings (SSSR count). The molecule has 6 heteroatoms. The summed E-state index contributed by atoms with van der Waals surface area (Å²) in [4.78, 5) is 8.89. The number of aliphatic imine (C=N–C) groups is 1. The van der Waals surface area contributed by atoms with Crippen LogP contribution in [0.4, 0.5) is 5.69 Å². The van der Waals surface area contributed by atoms with Crippen molar-refractivity contribution in [1.29, 1.82) is 0 Å². The van der Waals surface area contributed by atoms with Gasteiger partial charge < -0.3 is 25.5 Å². The zero-order valence-corrected chi connectivity index (χ0v) is 15.3. The first-order valence-electron chi connectivity index (χ1n) is 8.64. The molecule has 1 saturated heterocycles. The van der Waals surface area contributed by atoms with E-state index in [1.165, 1.54) is 0 Å². The van der Waals surface area contributed by atoms with Crippen molar-refractivity contribution in [1.82, 2.24) is 15.5 Å². The highest BCUT2D eigenvalue weighted by Gasteiger charge is 2.21. The van der Waals surface area contributed by atoms with Crippen molar-refractivity contribution in [3.63, 3.8) is 0 Å². The third-order valence-corrected chi connectivity index (χ3v) is 4.08. The summed E-state index contributed by atoms with van der Waals surface area (Å²) in [7, 11) is 1.83. The Morgan fingerprint density at radius 1 is 1.12 bits per heavy atom. The number of anilines is 1. The van der Waals surface area contributed by atoms with Gasteiger partial charge in [0.05, 0.1) is 5.69 Å². The number of guanidine groups is 1. The second kappa shape index (κ2) is 8.24. The average Bonchev–Trinajstić information content (AvgIpc) is 2.55. The predicted octanol–water partition coefficient (Wildman–Crippen LogP) is 1.48. The Bertz CT molecular complexity index is 545. The average molecular weight is 333 g/mol. The van der Waals surface area contributed by atoms with E-state index in [1.807, 2.05) is 25.2 Å². The third-order valence-electron chi connectivity index (χ3n) is 4.08. The van der Waals surface area contributed by atoms with Crippen LogP contribution in [0.25, 0.3) is 0 Å². The Balaban J connectivity index is 1.81. The summed E-state index contributed by atoms with van der Waals surface area (Å²) in [5, 5.41) is 16.9. The van der Waals surface area contributed by atoms with E-state index < -0.39 is 0 Å². The highest BCUT2D eigenvalue weighted by molar-refractivity contribution is 5.80. The molecular formula is C18H31N5O. The Kier molecular flexibility index (Phi) is 6.31. The highest BCUT2D eigenvalue weighted by atomic mass is 16.3. The van der Waals surface area contributed by atoms with Crippen molar-refractivity contribution < 1.29 is 5.11 Å². The number of hydrogen-bond donors (Lipinski definition) is 3. The van der Waals surface area contributed by atoms with Crippen LogP contribution in [-0.4, -0.2) is 67.8 Å². The first-order chi connectivity index (χ1) is 11.4. The van der Waals surface area contributed by atoms with Crippen LogP contribution >= 0.6 is 0 Å². The molecule has 1 aromatic carbocycles. The van der Waals surface area contributed by atoms with Crippen molar-refractivity contribution >= 4 is 11.6 Å². The molecule has 1 fully saturated rings. The summed E-state index contributed by atoms with van der Waals surface area (Å²) < 4.78 is 0. The summed E-state index contributed by atoms with van der Waals surface area (Å²) in [6, 6.07) is 7.53. The van der Waals surface area contributed by atoms with Crippen LogP contribution < -0.4 is 15.5 Å². The van der Waals surface area contributed by atoms with Gasteiger partial charge in [0.1, 0.15) is 5.75 Å². The number of phenolic OH excluding ortho intramolecular Hbond substituents is 1. The van der Waals surface area contributed by atoms with Gasteiger partial charge in [-0.05, 0) is 32.9 Å². The van der Waals surface area contributed by atoms with Gasteiger partial charge in [-0.3, -0.25) is 4.99 Å². The summed E-state index contributed by atoms with van der Waals surface area (Å²) in [5.41, 5.74) is 1.04. The lowest BCUT2D eigenvalue weighted by Gasteiger charge is -2.38. The molecule has 134 valence electrons. The number of para-hydroxylation sites is 2. The van der Waals surface area contributed by atoms with Gasteiger partial charge in [-0.15, -0.1) is 0 Å². The van der Waals surface area contributed by atoms with Crippen LogP contribution in [0, 0.1) is 0 Å². The molecule has 0 spiro atoms. The molecule has 0 unspecified atom stereocenters. The summed E-state index contributed by atoms with van der Waals surface area (Å²) >= 11 is 0. The van der Waals surface area contributed by atoms with Crippen molar-refractivity contribution in [2.24, 2.45) is 4.99 Å². The lowest BCUT2D eigenvalue weighted by atomic mass is 10.1. The fraction of sp³-hybridized carbons (Fsp3) is 0.611. The van der Waals surface area contributed by atoms with Crippen LogP contribution in [0.1, 0.15) is 20.8 Å². The van der Waals surface area contributed by atoms with Crippen LogP contribution in [-0.2, 0) is 0 Å². The largest absolute Gasteiger partial charge is 0.506 e. The second-order valence-electron chi connectivity index (χ2n) is 7.11. The van der Waals surface area contributed by atoms with Gasteiger partial charge >= 0.3 is 0 Å². The molecule has 24 heavy (non-hydrogen) atoms. The van der Waals surface area contributed by atoms with E-state index in [-0.39, 0.29) is 5.54 Å². The number of nitrogens with zero attached hydrogens (tertiary/aromatic N) is 3. The Morgan fingerprint density at radius 2 is 1.79 bits per heavy atom. The van der Waals surface area contributed by atoms with E-state index >= 15 is 0 Å². The van der Waals surface area contributed by atoms with Crippen molar-refractivity contribution in [2.45, 2.75) is 26.3 Å². The molecule has 0 saturated carbocycles. The van der Waals surface area contributed by atoms with E-state index in [9.17, 15) is 5.11 Å². The minimum atomic E-state index is 0.133. The number of rotatable bonds is 4. The Labute approximate surface area is 145 Å². The molecule has 0 amide bonds. The van der Waals surface area contributed by atoms with Crippen molar-refractivity contribution in [3.05, 3.63) is 24.3 Å². The van der Waals surface area contributed by atoms with E-state index in [0.29, 0.717) is 5.75 Å². The molecule has 1 aromatic rings. The maximum atomic E-state index is 9.99. The summed E-state index contributed by atoms with van der Waals surface area (Å²) in [6.45, 7) is 11.8. The fourth-order valence-electron chi connectivity index (χ4n) is 2.83. The van der Waals surface area contributed by atoms with Gasteiger partial charge in [-0.1, -0.05) is 12.1 Å². The maximum absolute atomic E-state index is 9.99. The van der Waals surface area contributed by atoms with Gasteiger partial charge in [0.25, 0.3) is 0 Å². The zero-order valence-electron chi connectivity index (χ0n) is 15.3. The van der Waals surface area contributed by atoms with Crippen molar-refractivity contribution in [3.8, 4) is 5.75 Å². The topological polar surface area (TPSA) is 63.1 Å². The van der Waals surface area contributed by atoms with Crippen LogP contribution in [0.3, 0.4) is 0 Å². The molecule has 0 aromatic heterocycles. The minimum absolute atomic E-state index is 0.133.